The van der Waals surface area contributed by atoms with Crippen LogP contribution in [-0.2, 0) is 16.0 Å². The molecule has 1 aromatic rings. The molecule has 6 nitrogen and oxygen atoms in total. The number of aliphatic carboxylic acids is 1. The molecule has 0 radical (unpaired) electrons. The van der Waals surface area contributed by atoms with E-state index in [2.05, 4.69) is 9.97 Å². The zero-order chi connectivity index (χ0) is 15.6. The Bertz CT molecular complexity index is 486. The minimum absolute atomic E-state index is 0.146. The number of hydrogen-bond donors (Lipinski definition) is 3. The highest BCUT2D eigenvalue weighted by Crippen LogP contribution is 2.35. The van der Waals surface area contributed by atoms with Crippen molar-refractivity contribution in [2.75, 3.05) is 0 Å². The van der Waals surface area contributed by atoms with Crippen LogP contribution < -0.4 is 5.32 Å². The number of hydrogen-bond acceptors (Lipinski definition) is 3. The zero-order valence-corrected chi connectivity index (χ0v) is 9.54. The number of nitrogens with one attached hydrogen (secondary N) is 2. The first-order chi connectivity index (χ1) is 9.05. The molecule has 0 saturated heterocycles. The average Bonchev–Trinajstić information content (AvgIpc) is 2.78. The number of H-pyrrole nitrogens is 1. The lowest BCUT2D eigenvalue weighted by molar-refractivity contribution is -0.270. The van der Waals surface area contributed by atoms with Gasteiger partial charge in [-0.1, -0.05) is 0 Å². The van der Waals surface area contributed by atoms with Gasteiger partial charge in [-0.15, -0.1) is 0 Å². The predicted octanol–water partition coefficient (Wildman–Crippen LogP) is 0.719. The lowest BCUT2D eigenvalue weighted by Gasteiger charge is -2.21. The third kappa shape index (κ3) is 3.42. The molecule has 112 valence electrons. The van der Waals surface area contributed by atoms with Crippen LogP contribution in [0.15, 0.2) is 12.5 Å². The molecule has 0 unspecified atom stereocenters. The van der Waals surface area contributed by atoms with Gasteiger partial charge in [0.1, 0.15) is 6.04 Å². The van der Waals surface area contributed by atoms with Gasteiger partial charge in [-0.2, -0.15) is 22.0 Å². The Morgan fingerprint density at radius 3 is 2.35 bits per heavy atom. The topological polar surface area (TPSA) is 95.1 Å². The van der Waals surface area contributed by atoms with Gasteiger partial charge in [-0.3, -0.25) is 4.79 Å². The number of aromatic nitrogens is 2. The van der Waals surface area contributed by atoms with Crippen LogP contribution in [0.4, 0.5) is 22.0 Å². The number of imidazole rings is 1. The van der Waals surface area contributed by atoms with E-state index in [1.807, 2.05) is 0 Å². The maximum Gasteiger partial charge on any atom is 0.463 e. The molecule has 1 heterocycles. The number of amides is 1. The third-order valence-corrected chi connectivity index (χ3v) is 2.22. The summed E-state index contributed by atoms with van der Waals surface area (Å²) in [6.07, 6.45) is -4.33. The van der Waals surface area contributed by atoms with Crippen molar-refractivity contribution in [3.05, 3.63) is 18.2 Å². The summed E-state index contributed by atoms with van der Waals surface area (Å²) < 4.78 is 61.2. The van der Waals surface area contributed by atoms with Crippen LogP contribution in [0.1, 0.15) is 5.69 Å². The molecule has 11 heteroatoms. The predicted molar refractivity (Wildman–Crippen MR) is 52.9 cm³/mol. The summed E-state index contributed by atoms with van der Waals surface area (Å²) in [7, 11) is 0. The molecule has 0 aliphatic rings. The van der Waals surface area contributed by atoms with Crippen LogP contribution in [0.2, 0.25) is 0 Å². The summed E-state index contributed by atoms with van der Waals surface area (Å²) in [5.41, 5.74) is 0.146. The van der Waals surface area contributed by atoms with Crippen LogP contribution in [0.5, 0.6) is 0 Å². The van der Waals surface area contributed by atoms with Gasteiger partial charge in [0.2, 0.25) is 0 Å². The highest BCUT2D eigenvalue weighted by molar-refractivity contribution is 5.88. The van der Waals surface area contributed by atoms with Crippen molar-refractivity contribution in [3.8, 4) is 0 Å². The summed E-state index contributed by atoms with van der Waals surface area (Å²) in [5, 5.41) is 9.86. The van der Waals surface area contributed by atoms with Gasteiger partial charge in [0.05, 0.1) is 6.33 Å². The van der Waals surface area contributed by atoms with Crippen molar-refractivity contribution >= 4 is 11.9 Å². The fraction of sp³-hybridized carbons (Fsp3) is 0.444. The molecule has 1 aromatic heterocycles. The summed E-state index contributed by atoms with van der Waals surface area (Å²) in [4.78, 5) is 27.6. The molecule has 0 bridgehead atoms. The molecule has 1 rings (SSSR count). The quantitative estimate of drug-likeness (QED) is 0.698. The lowest BCUT2D eigenvalue weighted by Crippen LogP contribution is -2.55. The number of carboxylic acid groups (broad SMARTS) is 1. The van der Waals surface area contributed by atoms with Gasteiger partial charge in [-0.25, -0.2) is 9.78 Å². The van der Waals surface area contributed by atoms with E-state index in [-0.39, 0.29) is 5.69 Å². The Morgan fingerprint density at radius 1 is 1.35 bits per heavy atom. The van der Waals surface area contributed by atoms with Gasteiger partial charge in [0, 0.05) is 18.3 Å². The van der Waals surface area contributed by atoms with Crippen LogP contribution in [0, 0.1) is 0 Å². The molecule has 1 amide bonds. The Labute approximate surface area is 108 Å². The number of carboxylic acids is 1. The van der Waals surface area contributed by atoms with Gasteiger partial charge < -0.3 is 15.4 Å². The van der Waals surface area contributed by atoms with Crippen molar-refractivity contribution in [1.82, 2.24) is 15.3 Å². The first kappa shape index (κ1) is 15.9. The molecule has 0 aliphatic heterocycles. The Morgan fingerprint density at radius 2 is 1.95 bits per heavy atom. The SMILES string of the molecule is O=C(O)[C@@H](Cc1cnc[nH]1)NC(=O)C(F)(F)C(F)(F)F. The van der Waals surface area contributed by atoms with E-state index in [1.165, 1.54) is 0 Å². The normalized spacial score (nSPS) is 13.8. The summed E-state index contributed by atoms with van der Waals surface area (Å²) in [5.74, 6) is -10.2. The number of aromatic amines is 1. The van der Waals surface area contributed by atoms with E-state index in [9.17, 15) is 31.5 Å². The average molecular weight is 301 g/mol. The second-order valence-corrected chi connectivity index (χ2v) is 3.72. The minimum Gasteiger partial charge on any atom is -0.480 e. The summed E-state index contributed by atoms with van der Waals surface area (Å²) in [6.45, 7) is 0. The van der Waals surface area contributed by atoms with Crippen molar-refractivity contribution in [3.63, 3.8) is 0 Å². The lowest BCUT2D eigenvalue weighted by atomic mass is 10.1. The number of halogens is 5. The first-order valence-electron chi connectivity index (χ1n) is 5.01. The second-order valence-electron chi connectivity index (χ2n) is 3.72. The van der Waals surface area contributed by atoms with E-state index >= 15 is 0 Å². The molecular weight excluding hydrogens is 293 g/mol. The minimum atomic E-state index is -6.10. The number of rotatable bonds is 5. The molecule has 0 aromatic carbocycles. The van der Waals surface area contributed by atoms with Crippen LogP contribution >= 0.6 is 0 Å². The molecule has 0 spiro atoms. The van der Waals surface area contributed by atoms with Crippen molar-refractivity contribution in [2.24, 2.45) is 0 Å². The Kier molecular flexibility index (Phi) is 4.30. The fourth-order valence-electron chi connectivity index (χ4n) is 1.19. The maximum atomic E-state index is 12.7. The van der Waals surface area contributed by atoms with E-state index in [1.54, 1.807) is 0 Å². The molecule has 0 fully saturated rings. The largest absolute Gasteiger partial charge is 0.480 e. The Hall–Kier alpha value is -2.20. The Balaban J connectivity index is 2.81. The third-order valence-electron chi connectivity index (χ3n) is 2.22. The highest BCUT2D eigenvalue weighted by atomic mass is 19.4. The molecule has 0 aliphatic carbocycles. The fourth-order valence-corrected chi connectivity index (χ4v) is 1.19. The summed E-state index contributed by atoms with van der Waals surface area (Å²) in [6, 6.07) is -1.95. The zero-order valence-electron chi connectivity index (χ0n) is 9.54. The second kappa shape index (κ2) is 5.43. The standard InChI is InChI=1S/C9H8F5N3O3/c10-8(11,9(12,13)14)7(20)17-5(6(18)19)1-4-2-15-3-16-4/h2-3,5H,1H2,(H,15,16)(H,17,20)(H,18,19)/t5-/m1/s1. The van der Waals surface area contributed by atoms with E-state index in [4.69, 9.17) is 5.11 Å². The van der Waals surface area contributed by atoms with Gasteiger partial charge in [0.15, 0.2) is 0 Å². The highest BCUT2D eigenvalue weighted by Gasteiger charge is 2.63. The molecule has 3 N–H and O–H groups in total. The smallest absolute Gasteiger partial charge is 0.463 e. The molecule has 20 heavy (non-hydrogen) atoms. The summed E-state index contributed by atoms with van der Waals surface area (Å²) >= 11 is 0. The molecular formula is C9H8F5N3O3. The maximum absolute atomic E-state index is 12.7. The molecule has 0 saturated carbocycles. The number of nitrogens with zero attached hydrogens (tertiary/aromatic N) is 1. The number of carbonyl (C=O) groups excluding carboxylic acids is 1. The van der Waals surface area contributed by atoms with Crippen molar-refractivity contribution < 1.29 is 36.6 Å². The van der Waals surface area contributed by atoms with Crippen molar-refractivity contribution in [1.29, 1.82) is 0 Å². The van der Waals surface area contributed by atoms with Crippen molar-refractivity contribution in [2.45, 2.75) is 24.6 Å². The number of alkyl halides is 5. The van der Waals surface area contributed by atoms with Crippen LogP contribution in [-0.4, -0.2) is 45.1 Å². The van der Waals surface area contributed by atoms with Gasteiger partial charge in [0.25, 0.3) is 0 Å². The van der Waals surface area contributed by atoms with E-state index < -0.39 is 36.4 Å². The van der Waals surface area contributed by atoms with Crippen LogP contribution in [0.3, 0.4) is 0 Å². The van der Waals surface area contributed by atoms with Gasteiger partial charge >= 0.3 is 24.0 Å². The van der Waals surface area contributed by atoms with E-state index in [0.29, 0.717) is 0 Å². The van der Waals surface area contributed by atoms with Gasteiger partial charge in [-0.05, 0) is 0 Å². The van der Waals surface area contributed by atoms with E-state index in [0.717, 1.165) is 17.8 Å². The van der Waals surface area contributed by atoms with Crippen LogP contribution in [0.25, 0.3) is 0 Å². The monoisotopic (exact) mass is 301 g/mol. The number of carbonyl (C=O) groups is 2. The molecule has 1 atom stereocenters. The first-order valence-corrected chi connectivity index (χ1v) is 5.01.